The summed E-state index contributed by atoms with van der Waals surface area (Å²) >= 11 is 5.85. The van der Waals surface area contributed by atoms with Crippen LogP contribution in [0.15, 0.2) is 47.4 Å². The van der Waals surface area contributed by atoms with Gasteiger partial charge in [0, 0.05) is 5.56 Å². The molecule has 0 saturated carbocycles. The Hall–Kier alpha value is -3.14. The smallest absolute Gasteiger partial charge is 0.373 e. The Morgan fingerprint density at radius 3 is 2.19 bits per heavy atom. The normalized spacial score (nSPS) is 13.6. The van der Waals surface area contributed by atoms with Crippen molar-refractivity contribution >= 4 is 39.1 Å². The summed E-state index contributed by atoms with van der Waals surface area (Å²) in [7, 11) is -4.43. The minimum absolute atomic E-state index is 0.0491. The molecule has 0 aliphatic carbocycles. The van der Waals surface area contributed by atoms with E-state index in [9.17, 15) is 36.3 Å². The lowest BCUT2D eigenvalue weighted by Crippen LogP contribution is -2.52. The zero-order chi connectivity index (χ0) is 23.6. The Labute approximate surface area is 179 Å². The fraction of sp³-hybridized carbons (Fsp3) is 0.167. The van der Waals surface area contributed by atoms with E-state index in [0.29, 0.717) is 0 Å². The molecule has 31 heavy (non-hydrogen) atoms. The van der Waals surface area contributed by atoms with Crippen molar-refractivity contribution in [3.05, 3.63) is 58.6 Å². The Morgan fingerprint density at radius 1 is 1.13 bits per heavy atom. The minimum Gasteiger partial charge on any atom is -0.373 e. The number of rotatable bonds is 5. The molecule has 0 bridgehead atoms. The summed E-state index contributed by atoms with van der Waals surface area (Å²) in [4.78, 5) is 23.4. The number of nitriles is 1. The van der Waals surface area contributed by atoms with Gasteiger partial charge < -0.3 is 10.4 Å². The summed E-state index contributed by atoms with van der Waals surface area (Å²) in [5, 5.41) is 19.4. The second kappa shape index (κ2) is 8.54. The average Bonchev–Trinajstić information content (AvgIpc) is 2.68. The largest absolute Gasteiger partial charge is 0.426 e. The highest BCUT2D eigenvalue weighted by Gasteiger charge is 2.55. The maximum Gasteiger partial charge on any atom is 0.426 e. The molecule has 0 spiro atoms. The molecule has 0 saturated heterocycles. The molecule has 13 heteroatoms. The molecule has 0 aromatic heterocycles. The standard InChI is InChI=1S/C18H13ClF3N3O5S/c1-17(28,18(20,21)22)16(27)24-14-7-6-12(8-13(14)19)31(29,30)25-15(26)11-4-2-10(9-23)3-5-11/h2-8,28H,1H3,(H,24,27)(H,25,26). The number of amides is 2. The summed E-state index contributed by atoms with van der Waals surface area (Å²) < 4.78 is 64.8. The molecule has 2 rings (SSSR count). The van der Waals surface area contributed by atoms with Crippen LogP contribution in [-0.4, -0.2) is 37.1 Å². The van der Waals surface area contributed by atoms with E-state index < -0.39 is 49.2 Å². The Bertz CT molecular complexity index is 1170. The van der Waals surface area contributed by atoms with Gasteiger partial charge in [0.1, 0.15) is 0 Å². The molecule has 1 atom stereocenters. The average molecular weight is 476 g/mol. The first-order valence-corrected chi connectivity index (χ1v) is 10.0. The number of benzene rings is 2. The van der Waals surface area contributed by atoms with Crippen LogP contribution in [0.1, 0.15) is 22.8 Å². The van der Waals surface area contributed by atoms with E-state index >= 15 is 0 Å². The Kier molecular flexibility index (Phi) is 6.65. The molecule has 3 N–H and O–H groups in total. The third-order valence-electron chi connectivity index (χ3n) is 4.00. The number of carbonyl (C=O) groups excluding carboxylic acids is 2. The molecule has 2 aromatic carbocycles. The summed E-state index contributed by atoms with van der Waals surface area (Å²) in [6, 6.07) is 9.52. The highest BCUT2D eigenvalue weighted by molar-refractivity contribution is 7.90. The van der Waals surface area contributed by atoms with Crippen LogP contribution in [0, 0.1) is 11.3 Å². The first kappa shape index (κ1) is 24.1. The first-order valence-electron chi connectivity index (χ1n) is 8.16. The minimum atomic E-state index is -5.26. The molecular formula is C18H13ClF3N3O5S. The van der Waals surface area contributed by atoms with E-state index in [1.165, 1.54) is 24.3 Å². The van der Waals surface area contributed by atoms with Crippen LogP contribution >= 0.6 is 11.6 Å². The van der Waals surface area contributed by atoms with Crippen molar-refractivity contribution in [3.63, 3.8) is 0 Å². The van der Waals surface area contributed by atoms with Gasteiger partial charge in [0.15, 0.2) is 0 Å². The number of halogens is 4. The lowest BCUT2D eigenvalue weighted by atomic mass is 10.1. The number of hydrogen-bond donors (Lipinski definition) is 3. The summed E-state index contributed by atoms with van der Waals surface area (Å²) in [5.41, 5.74) is -3.90. The lowest BCUT2D eigenvalue weighted by Gasteiger charge is -2.25. The number of sulfonamides is 1. The molecular weight excluding hydrogens is 463 g/mol. The van der Waals surface area contributed by atoms with Gasteiger partial charge in [-0.15, -0.1) is 0 Å². The molecule has 0 radical (unpaired) electrons. The van der Waals surface area contributed by atoms with Crippen molar-refractivity contribution in [3.8, 4) is 6.07 Å². The number of nitrogens with one attached hydrogen (secondary N) is 2. The lowest BCUT2D eigenvalue weighted by molar-refractivity contribution is -0.242. The van der Waals surface area contributed by atoms with Crippen molar-refractivity contribution in [2.24, 2.45) is 0 Å². The summed E-state index contributed by atoms with van der Waals surface area (Å²) in [6.07, 6.45) is -5.26. The number of anilines is 1. The van der Waals surface area contributed by atoms with E-state index in [-0.39, 0.29) is 18.1 Å². The predicted octanol–water partition coefficient (Wildman–Crippen LogP) is 2.58. The molecule has 2 aromatic rings. The van der Waals surface area contributed by atoms with Crippen molar-refractivity contribution in [1.82, 2.24) is 4.72 Å². The molecule has 2 amide bonds. The van der Waals surface area contributed by atoms with Crippen LogP contribution in [0.3, 0.4) is 0 Å². The maximum absolute atomic E-state index is 12.7. The SMILES string of the molecule is CC(O)(C(=O)Nc1ccc(S(=O)(=O)NC(=O)c2ccc(C#N)cc2)cc1Cl)C(F)(F)F. The monoisotopic (exact) mass is 475 g/mol. The predicted molar refractivity (Wildman–Crippen MR) is 103 cm³/mol. The molecule has 1 unspecified atom stereocenters. The van der Waals surface area contributed by atoms with Crippen molar-refractivity contribution < 1.29 is 36.3 Å². The topological polar surface area (TPSA) is 136 Å². The van der Waals surface area contributed by atoms with Gasteiger partial charge in [-0.3, -0.25) is 9.59 Å². The van der Waals surface area contributed by atoms with E-state index in [0.717, 1.165) is 18.2 Å². The second-order valence-corrected chi connectivity index (χ2v) is 8.38. The van der Waals surface area contributed by atoms with E-state index in [1.54, 1.807) is 10.0 Å². The highest BCUT2D eigenvalue weighted by Crippen LogP contribution is 2.32. The van der Waals surface area contributed by atoms with Crippen LogP contribution in [0.25, 0.3) is 0 Å². The van der Waals surface area contributed by atoms with Gasteiger partial charge in [-0.2, -0.15) is 18.4 Å². The maximum atomic E-state index is 12.7. The molecule has 0 fully saturated rings. The fourth-order valence-electron chi connectivity index (χ4n) is 2.07. The number of aliphatic hydroxyl groups is 1. The van der Waals surface area contributed by atoms with Gasteiger partial charge in [-0.1, -0.05) is 11.6 Å². The van der Waals surface area contributed by atoms with E-state index in [4.69, 9.17) is 16.9 Å². The zero-order valence-corrected chi connectivity index (χ0v) is 17.1. The molecule has 0 heterocycles. The Balaban J connectivity index is 2.22. The number of carbonyl (C=O) groups is 2. The highest BCUT2D eigenvalue weighted by atomic mass is 35.5. The van der Waals surface area contributed by atoms with Crippen LogP contribution in [-0.2, 0) is 14.8 Å². The van der Waals surface area contributed by atoms with Crippen LogP contribution in [0.2, 0.25) is 5.02 Å². The molecule has 0 aliphatic heterocycles. The molecule has 164 valence electrons. The fourth-order valence-corrected chi connectivity index (χ4v) is 3.37. The zero-order valence-electron chi connectivity index (χ0n) is 15.5. The first-order chi connectivity index (χ1) is 14.2. The van der Waals surface area contributed by atoms with Crippen LogP contribution < -0.4 is 10.0 Å². The third-order valence-corrected chi connectivity index (χ3v) is 5.64. The third kappa shape index (κ3) is 5.32. The van der Waals surface area contributed by atoms with Crippen molar-refractivity contribution in [1.29, 1.82) is 5.26 Å². The quantitative estimate of drug-likeness (QED) is 0.608. The summed E-state index contributed by atoms with van der Waals surface area (Å²) in [6.45, 7) is 0.244. The molecule has 0 aliphatic rings. The van der Waals surface area contributed by atoms with Gasteiger partial charge in [-0.05, 0) is 49.4 Å². The summed E-state index contributed by atoms with van der Waals surface area (Å²) in [5.74, 6) is -2.83. The van der Waals surface area contributed by atoms with Gasteiger partial charge in [0.05, 0.1) is 27.2 Å². The second-order valence-electron chi connectivity index (χ2n) is 6.29. The number of nitrogens with zero attached hydrogens (tertiary/aromatic N) is 1. The number of hydrogen-bond acceptors (Lipinski definition) is 6. The van der Waals surface area contributed by atoms with Gasteiger partial charge in [-0.25, -0.2) is 13.1 Å². The number of alkyl halides is 3. The van der Waals surface area contributed by atoms with Gasteiger partial charge >= 0.3 is 6.18 Å². The van der Waals surface area contributed by atoms with Crippen molar-refractivity contribution in [2.45, 2.75) is 23.6 Å². The van der Waals surface area contributed by atoms with Crippen LogP contribution in [0.5, 0.6) is 0 Å². The van der Waals surface area contributed by atoms with Gasteiger partial charge in [0.2, 0.25) is 5.60 Å². The van der Waals surface area contributed by atoms with Gasteiger partial charge in [0.25, 0.3) is 21.8 Å². The molecule has 8 nitrogen and oxygen atoms in total. The van der Waals surface area contributed by atoms with Crippen molar-refractivity contribution in [2.75, 3.05) is 5.32 Å². The Morgan fingerprint density at radius 2 is 1.71 bits per heavy atom. The van der Waals surface area contributed by atoms with E-state index in [2.05, 4.69) is 0 Å². The van der Waals surface area contributed by atoms with Crippen LogP contribution in [0.4, 0.5) is 18.9 Å². The van der Waals surface area contributed by atoms with E-state index in [1.807, 2.05) is 6.07 Å².